The Hall–Kier alpha value is -2.21. The van der Waals surface area contributed by atoms with Gasteiger partial charge >= 0.3 is 0 Å². The van der Waals surface area contributed by atoms with Crippen LogP contribution >= 0.6 is 0 Å². The van der Waals surface area contributed by atoms with Gasteiger partial charge in [-0.2, -0.15) is 0 Å². The third kappa shape index (κ3) is 2.12. The van der Waals surface area contributed by atoms with Crippen LogP contribution in [0.4, 0.5) is 0 Å². The summed E-state index contributed by atoms with van der Waals surface area (Å²) in [5.41, 5.74) is 2.04. The number of imide groups is 1. The zero-order valence-corrected chi connectivity index (χ0v) is 11.6. The number of rotatable bonds is 2. The van der Waals surface area contributed by atoms with Crippen LogP contribution in [-0.4, -0.2) is 33.8 Å². The Morgan fingerprint density at radius 2 is 2.10 bits per heavy atom. The van der Waals surface area contributed by atoms with Gasteiger partial charge in [0.05, 0.1) is 12.6 Å². The van der Waals surface area contributed by atoms with Crippen LogP contribution in [0.1, 0.15) is 47.3 Å². The van der Waals surface area contributed by atoms with E-state index in [0.29, 0.717) is 17.5 Å². The van der Waals surface area contributed by atoms with E-state index in [1.807, 2.05) is 13.0 Å². The minimum Gasteiger partial charge on any atom is -0.392 e. The molecule has 3 rings (SSSR count). The molecule has 6 nitrogen and oxygen atoms in total. The van der Waals surface area contributed by atoms with E-state index in [2.05, 4.69) is 5.32 Å². The van der Waals surface area contributed by atoms with E-state index in [1.165, 1.54) is 4.90 Å². The van der Waals surface area contributed by atoms with Gasteiger partial charge in [-0.1, -0.05) is 12.1 Å². The van der Waals surface area contributed by atoms with Crippen molar-refractivity contribution in [1.29, 1.82) is 0 Å². The Morgan fingerprint density at radius 1 is 1.33 bits per heavy atom. The van der Waals surface area contributed by atoms with Gasteiger partial charge in [0.1, 0.15) is 6.04 Å². The van der Waals surface area contributed by atoms with E-state index in [0.717, 1.165) is 5.56 Å². The Bertz CT molecular complexity index is 641. The maximum atomic E-state index is 12.6. The van der Waals surface area contributed by atoms with Crippen LogP contribution < -0.4 is 5.32 Å². The van der Waals surface area contributed by atoms with E-state index in [1.54, 1.807) is 12.1 Å². The van der Waals surface area contributed by atoms with Crippen molar-refractivity contribution < 1.29 is 19.5 Å². The molecule has 1 saturated heterocycles. The fraction of sp³-hybridized carbons (Fsp3) is 0.400. The molecular formula is C15H16N2O4. The summed E-state index contributed by atoms with van der Waals surface area (Å²) in [5, 5.41) is 11.5. The van der Waals surface area contributed by atoms with Crippen LogP contribution in [0.25, 0.3) is 0 Å². The highest BCUT2D eigenvalue weighted by Gasteiger charge is 2.42. The number of nitrogens with one attached hydrogen (secondary N) is 1. The molecule has 2 N–H and O–H groups in total. The summed E-state index contributed by atoms with van der Waals surface area (Å²) in [6.45, 7) is 1.74. The van der Waals surface area contributed by atoms with Gasteiger partial charge in [-0.25, -0.2) is 0 Å². The predicted octanol–water partition coefficient (Wildman–Crippen LogP) is 0.501. The van der Waals surface area contributed by atoms with Crippen molar-refractivity contribution in [2.45, 2.75) is 38.5 Å². The molecule has 0 aliphatic carbocycles. The number of carbonyl (C=O) groups is 3. The molecular weight excluding hydrogens is 272 g/mol. The Kier molecular flexibility index (Phi) is 3.25. The summed E-state index contributed by atoms with van der Waals surface area (Å²) in [7, 11) is 0. The number of aliphatic hydroxyl groups is 1. The first kappa shape index (κ1) is 13.8. The summed E-state index contributed by atoms with van der Waals surface area (Å²) in [5.74, 6) is -0.931. The predicted molar refractivity (Wildman–Crippen MR) is 73.1 cm³/mol. The molecule has 3 amide bonds. The molecule has 2 aliphatic rings. The lowest BCUT2D eigenvalue weighted by Gasteiger charge is -2.32. The number of fused-ring (bicyclic) bond motifs is 1. The molecule has 0 saturated carbocycles. The Labute approximate surface area is 121 Å². The van der Waals surface area contributed by atoms with Crippen molar-refractivity contribution in [3.63, 3.8) is 0 Å². The number of benzene rings is 1. The number of aliphatic hydroxyl groups excluding tert-OH is 1. The Morgan fingerprint density at radius 3 is 2.76 bits per heavy atom. The molecule has 0 radical (unpaired) electrons. The maximum Gasteiger partial charge on any atom is 0.255 e. The van der Waals surface area contributed by atoms with E-state index in [-0.39, 0.29) is 30.9 Å². The molecule has 110 valence electrons. The molecule has 2 atom stereocenters. The fourth-order valence-corrected chi connectivity index (χ4v) is 3.08. The van der Waals surface area contributed by atoms with Crippen LogP contribution in [0.15, 0.2) is 18.2 Å². The first-order valence-electron chi connectivity index (χ1n) is 6.93. The van der Waals surface area contributed by atoms with Gasteiger partial charge in [0.2, 0.25) is 11.8 Å². The molecule has 6 heteroatoms. The number of piperidine rings is 1. The van der Waals surface area contributed by atoms with E-state index in [9.17, 15) is 19.5 Å². The van der Waals surface area contributed by atoms with Gasteiger partial charge in [-0.05, 0) is 30.5 Å². The van der Waals surface area contributed by atoms with Crippen LogP contribution in [0.3, 0.4) is 0 Å². The van der Waals surface area contributed by atoms with Gasteiger partial charge < -0.3 is 10.0 Å². The second-order valence-electron chi connectivity index (χ2n) is 5.44. The second-order valence-corrected chi connectivity index (χ2v) is 5.44. The molecule has 0 bridgehead atoms. The third-order valence-electron chi connectivity index (χ3n) is 4.18. The first-order chi connectivity index (χ1) is 10.0. The fourth-order valence-electron chi connectivity index (χ4n) is 3.08. The highest BCUT2D eigenvalue weighted by Crippen LogP contribution is 2.36. The molecule has 2 unspecified atom stereocenters. The van der Waals surface area contributed by atoms with Crippen molar-refractivity contribution >= 4 is 17.7 Å². The molecule has 0 aromatic heterocycles. The first-order valence-corrected chi connectivity index (χ1v) is 6.93. The highest BCUT2D eigenvalue weighted by molar-refractivity contribution is 6.05. The summed E-state index contributed by atoms with van der Waals surface area (Å²) >= 11 is 0. The van der Waals surface area contributed by atoms with Gasteiger partial charge in [0, 0.05) is 12.0 Å². The van der Waals surface area contributed by atoms with Gasteiger partial charge in [-0.15, -0.1) is 0 Å². The van der Waals surface area contributed by atoms with E-state index < -0.39 is 11.9 Å². The van der Waals surface area contributed by atoms with Crippen LogP contribution in [0.2, 0.25) is 0 Å². The van der Waals surface area contributed by atoms with Crippen molar-refractivity contribution in [1.82, 2.24) is 10.2 Å². The minimum absolute atomic E-state index is 0.132. The molecule has 2 aliphatic heterocycles. The zero-order valence-electron chi connectivity index (χ0n) is 11.6. The van der Waals surface area contributed by atoms with Crippen molar-refractivity contribution in [2.24, 2.45) is 0 Å². The van der Waals surface area contributed by atoms with Crippen LogP contribution in [-0.2, 0) is 16.2 Å². The standard InChI is InChI=1S/C15H16N2O4/c1-8-10-3-2-9(7-18)6-11(10)15(21)17(8)12-4-5-13(19)16-14(12)20/h2-3,6,8,12,18H,4-5,7H2,1H3,(H,16,19,20). The molecule has 1 aromatic carbocycles. The monoisotopic (exact) mass is 288 g/mol. The summed E-state index contributed by atoms with van der Waals surface area (Å²) in [6.07, 6.45) is 0.590. The van der Waals surface area contributed by atoms with Crippen LogP contribution in [0, 0.1) is 0 Å². The number of hydrogen-bond donors (Lipinski definition) is 2. The van der Waals surface area contributed by atoms with E-state index >= 15 is 0 Å². The summed E-state index contributed by atoms with van der Waals surface area (Å²) in [4.78, 5) is 37.3. The molecule has 0 spiro atoms. The average Bonchev–Trinajstić information content (AvgIpc) is 2.71. The second kappa shape index (κ2) is 4.96. The van der Waals surface area contributed by atoms with Crippen molar-refractivity contribution in [3.05, 3.63) is 34.9 Å². The number of amides is 3. The topological polar surface area (TPSA) is 86.7 Å². The number of hydrogen-bond acceptors (Lipinski definition) is 4. The van der Waals surface area contributed by atoms with E-state index in [4.69, 9.17) is 0 Å². The van der Waals surface area contributed by atoms with Gasteiger partial charge in [0.15, 0.2) is 0 Å². The Balaban J connectivity index is 1.94. The minimum atomic E-state index is -0.616. The van der Waals surface area contributed by atoms with Crippen molar-refractivity contribution in [2.75, 3.05) is 0 Å². The average molecular weight is 288 g/mol. The third-order valence-corrected chi connectivity index (χ3v) is 4.18. The van der Waals surface area contributed by atoms with Gasteiger partial charge in [-0.3, -0.25) is 19.7 Å². The highest BCUT2D eigenvalue weighted by atomic mass is 16.3. The van der Waals surface area contributed by atoms with Crippen molar-refractivity contribution in [3.8, 4) is 0 Å². The quantitative estimate of drug-likeness (QED) is 0.776. The largest absolute Gasteiger partial charge is 0.392 e. The number of nitrogens with zero attached hydrogens (tertiary/aromatic N) is 1. The van der Waals surface area contributed by atoms with Crippen LogP contribution in [0.5, 0.6) is 0 Å². The summed E-state index contributed by atoms with van der Waals surface area (Å²) < 4.78 is 0. The summed E-state index contributed by atoms with van der Waals surface area (Å²) in [6, 6.07) is 4.42. The van der Waals surface area contributed by atoms with Gasteiger partial charge in [0.25, 0.3) is 5.91 Å². The lowest BCUT2D eigenvalue weighted by Crippen LogP contribution is -2.53. The SMILES string of the molecule is CC1c2ccc(CO)cc2C(=O)N1C1CCC(=O)NC1=O. The lowest BCUT2D eigenvalue weighted by molar-refractivity contribution is -0.137. The zero-order chi connectivity index (χ0) is 15.1. The molecule has 2 heterocycles. The molecule has 1 aromatic rings. The molecule has 1 fully saturated rings. The maximum absolute atomic E-state index is 12.6. The number of carbonyl (C=O) groups excluding carboxylic acids is 3. The molecule has 21 heavy (non-hydrogen) atoms. The smallest absolute Gasteiger partial charge is 0.255 e. The normalized spacial score (nSPS) is 25.0. The lowest BCUT2D eigenvalue weighted by atomic mass is 10.0.